The van der Waals surface area contributed by atoms with Crippen molar-refractivity contribution < 1.29 is 24.3 Å². The number of nitrogens with one attached hydrogen (secondary N) is 1. The normalized spacial score (nSPS) is 13.6. The molecule has 0 aliphatic carbocycles. The predicted octanol–water partition coefficient (Wildman–Crippen LogP) is 3.87. The van der Waals surface area contributed by atoms with Crippen LogP contribution in [0.2, 0.25) is 0 Å². The van der Waals surface area contributed by atoms with Gasteiger partial charge in [0.1, 0.15) is 5.75 Å². The molecule has 0 bridgehead atoms. The fourth-order valence-electron chi connectivity index (χ4n) is 4.40. The van der Waals surface area contributed by atoms with Gasteiger partial charge in [0.05, 0.1) is 12.2 Å². The SMILES string of the molecule is CN1CCN(C(=O)CCCON(C)C(=O)c2ccc(NC(=O)c3ccccc3O)cc2-c2ccccc2)CC1. The standard InChI is InChI=1S/C30H34N4O5/c1-32-16-18-34(19-17-32)28(36)13-8-20-39-33(2)30(38)24-15-14-23(21-26(24)22-9-4-3-5-10-22)31-29(37)25-11-6-7-12-27(25)35/h3-7,9-12,14-15,21,35H,8,13,16-20H2,1-2H3,(H,31,37). The Hall–Kier alpha value is -4.21. The number of phenolic OH excluding ortho intramolecular Hbond substituents is 1. The van der Waals surface area contributed by atoms with Crippen molar-refractivity contribution in [1.82, 2.24) is 14.9 Å². The van der Waals surface area contributed by atoms with Gasteiger partial charge in [-0.15, -0.1) is 0 Å². The Labute approximate surface area is 228 Å². The molecular weight excluding hydrogens is 496 g/mol. The molecular formula is C30H34N4O5. The van der Waals surface area contributed by atoms with Gasteiger partial charge in [-0.25, -0.2) is 5.06 Å². The molecule has 1 fully saturated rings. The minimum Gasteiger partial charge on any atom is -0.507 e. The molecule has 3 amide bonds. The van der Waals surface area contributed by atoms with Gasteiger partial charge < -0.3 is 20.2 Å². The minimum absolute atomic E-state index is 0.105. The number of nitrogens with zero attached hydrogens (tertiary/aromatic N) is 3. The van der Waals surface area contributed by atoms with E-state index in [1.54, 1.807) is 37.4 Å². The Balaban J connectivity index is 1.41. The highest BCUT2D eigenvalue weighted by atomic mass is 16.7. The van der Waals surface area contributed by atoms with Gasteiger partial charge in [-0.3, -0.25) is 19.2 Å². The fourth-order valence-corrected chi connectivity index (χ4v) is 4.40. The first-order chi connectivity index (χ1) is 18.8. The number of hydrogen-bond acceptors (Lipinski definition) is 6. The van der Waals surface area contributed by atoms with E-state index in [2.05, 4.69) is 10.2 Å². The van der Waals surface area contributed by atoms with Crippen LogP contribution in [0, 0.1) is 0 Å². The van der Waals surface area contributed by atoms with Gasteiger partial charge in [-0.2, -0.15) is 0 Å². The molecule has 9 heteroatoms. The average Bonchev–Trinajstić information content (AvgIpc) is 2.95. The Morgan fingerprint density at radius 1 is 0.923 bits per heavy atom. The number of anilines is 1. The number of phenols is 1. The molecule has 0 aromatic heterocycles. The Kier molecular flexibility index (Phi) is 9.30. The third-order valence-corrected chi connectivity index (χ3v) is 6.70. The molecule has 39 heavy (non-hydrogen) atoms. The van der Waals surface area contributed by atoms with E-state index in [9.17, 15) is 19.5 Å². The van der Waals surface area contributed by atoms with Crippen LogP contribution in [0.25, 0.3) is 11.1 Å². The number of hydroxylamine groups is 2. The smallest absolute Gasteiger partial charge is 0.277 e. The van der Waals surface area contributed by atoms with Crippen molar-refractivity contribution in [2.24, 2.45) is 0 Å². The maximum Gasteiger partial charge on any atom is 0.277 e. The molecule has 2 N–H and O–H groups in total. The lowest BCUT2D eigenvalue weighted by Gasteiger charge is -2.32. The van der Waals surface area contributed by atoms with Gasteiger partial charge in [0.2, 0.25) is 5.91 Å². The lowest BCUT2D eigenvalue weighted by molar-refractivity contribution is -0.135. The van der Waals surface area contributed by atoms with Crippen LogP contribution in [0.4, 0.5) is 5.69 Å². The lowest BCUT2D eigenvalue weighted by atomic mass is 9.98. The summed E-state index contributed by atoms with van der Waals surface area (Å²) in [6.07, 6.45) is 0.873. The van der Waals surface area contributed by atoms with Crippen LogP contribution in [0.15, 0.2) is 72.8 Å². The fraction of sp³-hybridized carbons (Fsp3) is 0.300. The average molecular weight is 531 g/mol. The van der Waals surface area contributed by atoms with Crippen LogP contribution < -0.4 is 5.32 Å². The van der Waals surface area contributed by atoms with Crippen molar-refractivity contribution in [3.63, 3.8) is 0 Å². The zero-order valence-electron chi connectivity index (χ0n) is 22.3. The van der Waals surface area contributed by atoms with Crippen LogP contribution in [-0.2, 0) is 9.63 Å². The Bertz CT molecular complexity index is 1310. The molecule has 0 atom stereocenters. The van der Waals surface area contributed by atoms with Crippen molar-refractivity contribution >= 4 is 23.4 Å². The summed E-state index contributed by atoms with van der Waals surface area (Å²) in [7, 11) is 3.60. The van der Waals surface area contributed by atoms with Gasteiger partial charge in [0.15, 0.2) is 0 Å². The number of piperazine rings is 1. The van der Waals surface area contributed by atoms with E-state index in [0.29, 0.717) is 29.7 Å². The van der Waals surface area contributed by atoms with Gasteiger partial charge in [0, 0.05) is 50.9 Å². The topological polar surface area (TPSA) is 102 Å². The molecule has 0 saturated carbocycles. The summed E-state index contributed by atoms with van der Waals surface area (Å²) < 4.78 is 0. The van der Waals surface area contributed by atoms with Crippen molar-refractivity contribution in [3.05, 3.63) is 83.9 Å². The molecule has 0 radical (unpaired) electrons. The maximum absolute atomic E-state index is 13.3. The second kappa shape index (κ2) is 13.0. The van der Waals surface area contributed by atoms with Gasteiger partial charge in [-0.1, -0.05) is 42.5 Å². The van der Waals surface area contributed by atoms with Crippen LogP contribution in [0.3, 0.4) is 0 Å². The number of carbonyl (C=O) groups excluding carboxylic acids is 3. The first-order valence-electron chi connectivity index (χ1n) is 13.0. The first-order valence-corrected chi connectivity index (χ1v) is 13.0. The second-order valence-electron chi connectivity index (χ2n) is 9.52. The largest absolute Gasteiger partial charge is 0.507 e. The number of amides is 3. The predicted molar refractivity (Wildman–Crippen MR) is 149 cm³/mol. The van der Waals surface area contributed by atoms with E-state index >= 15 is 0 Å². The zero-order chi connectivity index (χ0) is 27.8. The summed E-state index contributed by atoms with van der Waals surface area (Å²) in [5, 5.41) is 14.0. The number of carbonyl (C=O) groups is 3. The van der Waals surface area contributed by atoms with E-state index in [-0.39, 0.29) is 29.7 Å². The summed E-state index contributed by atoms with van der Waals surface area (Å²) in [6, 6.07) is 20.7. The summed E-state index contributed by atoms with van der Waals surface area (Å²) in [5.74, 6) is -0.821. The van der Waals surface area contributed by atoms with Crippen molar-refractivity contribution in [2.45, 2.75) is 12.8 Å². The number of para-hydroxylation sites is 1. The number of rotatable bonds is 9. The van der Waals surface area contributed by atoms with E-state index in [0.717, 1.165) is 31.7 Å². The Morgan fingerprint density at radius 3 is 2.33 bits per heavy atom. The summed E-state index contributed by atoms with van der Waals surface area (Å²) in [5.41, 5.74) is 2.45. The molecule has 0 spiro atoms. The van der Waals surface area contributed by atoms with E-state index in [1.807, 2.05) is 42.3 Å². The molecule has 3 aromatic rings. The molecule has 1 aliphatic rings. The van der Waals surface area contributed by atoms with Gasteiger partial charge >= 0.3 is 0 Å². The third kappa shape index (κ3) is 7.22. The molecule has 9 nitrogen and oxygen atoms in total. The monoisotopic (exact) mass is 530 g/mol. The highest BCUT2D eigenvalue weighted by Gasteiger charge is 2.21. The maximum atomic E-state index is 13.3. The van der Waals surface area contributed by atoms with Crippen LogP contribution in [-0.4, -0.2) is 84.6 Å². The van der Waals surface area contributed by atoms with Crippen LogP contribution >= 0.6 is 0 Å². The highest BCUT2D eigenvalue weighted by molar-refractivity contribution is 6.07. The van der Waals surface area contributed by atoms with Gasteiger partial charge in [0.25, 0.3) is 11.8 Å². The number of aromatic hydroxyl groups is 1. The lowest BCUT2D eigenvalue weighted by Crippen LogP contribution is -2.47. The molecule has 4 rings (SSSR count). The summed E-state index contributed by atoms with van der Waals surface area (Å²) in [6.45, 7) is 3.46. The minimum atomic E-state index is -0.460. The molecule has 204 valence electrons. The number of likely N-dealkylation sites (N-methyl/N-ethyl adjacent to an activating group) is 1. The second-order valence-corrected chi connectivity index (χ2v) is 9.52. The van der Waals surface area contributed by atoms with E-state index in [4.69, 9.17) is 4.84 Å². The van der Waals surface area contributed by atoms with Crippen molar-refractivity contribution in [1.29, 1.82) is 0 Å². The molecule has 0 unspecified atom stereocenters. The van der Waals surface area contributed by atoms with Crippen molar-refractivity contribution in [2.75, 3.05) is 52.2 Å². The zero-order valence-corrected chi connectivity index (χ0v) is 22.3. The van der Waals surface area contributed by atoms with E-state index in [1.165, 1.54) is 17.2 Å². The Morgan fingerprint density at radius 2 is 1.62 bits per heavy atom. The van der Waals surface area contributed by atoms with Gasteiger partial charge in [-0.05, 0) is 54.9 Å². The first kappa shape index (κ1) is 27.8. The van der Waals surface area contributed by atoms with Crippen molar-refractivity contribution in [3.8, 4) is 16.9 Å². The number of hydrogen-bond donors (Lipinski definition) is 2. The highest BCUT2D eigenvalue weighted by Crippen LogP contribution is 2.29. The summed E-state index contributed by atoms with van der Waals surface area (Å²) >= 11 is 0. The molecule has 1 heterocycles. The quantitative estimate of drug-likeness (QED) is 0.322. The third-order valence-electron chi connectivity index (χ3n) is 6.70. The van der Waals surface area contributed by atoms with E-state index < -0.39 is 5.91 Å². The molecule has 1 saturated heterocycles. The van der Waals surface area contributed by atoms with Crippen LogP contribution in [0.1, 0.15) is 33.6 Å². The number of benzene rings is 3. The molecule has 3 aromatic carbocycles. The van der Waals surface area contributed by atoms with Crippen LogP contribution in [0.5, 0.6) is 5.75 Å². The molecule has 1 aliphatic heterocycles. The summed E-state index contributed by atoms with van der Waals surface area (Å²) in [4.78, 5) is 48.3.